The van der Waals surface area contributed by atoms with Crippen LogP contribution in [0.25, 0.3) is 0 Å². The summed E-state index contributed by atoms with van der Waals surface area (Å²) >= 11 is 3.51. The van der Waals surface area contributed by atoms with E-state index >= 15 is 0 Å². The molecule has 0 aliphatic rings. The van der Waals surface area contributed by atoms with E-state index in [9.17, 15) is 0 Å². The molecule has 0 aliphatic carbocycles. The Balaban J connectivity index is 2.03. The van der Waals surface area contributed by atoms with E-state index in [1.807, 2.05) is 18.2 Å². The molecule has 0 saturated heterocycles. The van der Waals surface area contributed by atoms with E-state index in [2.05, 4.69) is 41.2 Å². The third-order valence-corrected chi connectivity index (χ3v) is 3.31. The number of nitrogens with one attached hydrogen (secondary N) is 1. The Bertz CT molecular complexity index is 315. The Kier molecular flexibility index (Phi) is 7.49. The topological polar surface area (TPSA) is 21.3 Å². The van der Waals surface area contributed by atoms with Crippen molar-refractivity contribution in [3.05, 3.63) is 34.3 Å². The molecule has 0 saturated carbocycles. The van der Waals surface area contributed by atoms with Gasteiger partial charge in [0.05, 0.1) is 13.2 Å². The second-order valence-corrected chi connectivity index (χ2v) is 5.43. The normalized spacial score (nSPS) is 11.1. The molecule has 96 valence electrons. The predicted molar refractivity (Wildman–Crippen MR) is 76.1 cm³/mol. The zero-order chi connectivity index (χ0) is 12.5. The van der Waals surface area contributed by atoms with Crippen LogP contribution in [0.5, 0.6) is 0 Å². The molecular formula is C14H22BrNO. The fourth-order valence-electron chi connectivity index (χ4n) is 1.46. The van der Waals surface area contributed by atoms with Gasteiger partial charge in [-0.1, -0.05) is 48.0 Å². The van der Waals surface area contributed by atoms with Gasteiger partial charge >= 0.3 is 0 Å². The van der Waals surface area contributed by atoms with Crippen LogP contribution < -0.4 is 5.32 Å². The lowest BCUT2D eigenvalue weighted by Crippen LogP contribution is -2.21. The van der Waals surface area contributed by atoms with Crippen molar-refractivity contribution in [2.75, 3.05) is 19.7 Å². The highest BCUT2D eigenvalue weighted by atomic mass is 79.9. The van der Waals surface area contributed by atoms with Crippen LogP contribution in [-0.2, 0) is 11.3 Å². The Morgan fingerprint density at radius 2 is 2.00 bits per heavy atom. The van der Waals surface area contributed by atoms with Gasteiger partial charge in [-0.15, -0.1) is 0 Å². The van der Waals surface area contributed by atoms with Gasteiger partial charge in [-0.05, 0) is 30.5 Å². The smallest absolute Gasteiger partial charge is 0.0728 e. The van der Waals surface area contributed by atoms with E-state index < -0.39 is 0 Å². The van der Waals surface area contributed by atoms with Crippen LogP contribution in [0.15, 0.2) is 28.7 Å². The summed E-state index contributed by atoms with van der Waals surface area (Å²) in [5.41, 5.74) is 1.20. The van der Waals surface area contributed by atoms with Crippen LogP contribution in [0.2, 0.25) is 0 Å². The third-order valence-electron chi connectivity index (χ3n) is 2.54. The zero-order valence-corrected chi connectivity index (χ0v) is 12.3. The van der Waals surface area contributed by atoms with Crippen LogP contribution in [0, 0.1) is 5.92 Å². The molecule has 3 heteroatoms. The standard InChI is InChI=1S/C14H22BrNO/c1-12(2)7-8-16-9-10-17-11-13-5-3-4-6-14(13)15/h3-6,12,16H,7-11H2,1-2H3. The van der Waals surface area contributed by atoms with Gasteiger partial charge in [-0.2, -0.15) is 0 Å². The Morgan fingerprint density at radius 3 is 2.71 bits per heavy atom. The molecule has 0 radical (unpaired) electrons. The highest BCUT2D eigenvalue weighted by molar-refractivity contribution is 9.10. The fraction of sp³-hybridized carbons (Fsp3) is 0.571. The number of hydrogen-bond acceptors (Lipinski definition) is 2. The molecule has 0 atom stereocenters. The van der Waals surface area contributed by atoms with Gasteiger partial charge < -0.3 is 10.1 Å². The second kappa shape index (κ2) is 8.67. The van der Waals surface area contributed by atoms with Crippen LogP contribution in [-0.4, -0.2) is 19.7 Å². The van der Waals surface area contributed by atoms with Crippen molar-refractivity contribution >= 4 is 15.9 Å². The molecule has 1 rings (SSSR count). The van der Waals surface area contributed by atoms with Crippen LogP contribution in [0.4, 0.5) is 0 Å². The van der Waals surface area contributed by atoms with Gasteiger partial charge in [0.1, 0.15) is 0 Å². The third kappa shape index (κ3) is 6.81. The monoisotopic (exact) mass is 299 g/mol. The number of benzene rings is 1. The van der Waals surface area contributed by atoms with Crippen molar-refractivity contribution in [1.82, 2.24) is 5.32 Å². The van der Waals surface area contributed by atoms with E-state index in [4.69, 9.17) is 4.74 Å². The van der Waals surface area contributed by atoms with Gasteiger partial charge in [0.2, 0.25) is 0 Å². The van der Waals surface area contributed by atoms with Crippen molar-refractivity contribution in [3.63, 3.8) is 0 Å². The number of ether oxygens (including phenoxy) is 1. The number of hydrogen-bond donors (Lipinski definition) is 1. The molecule has 0 aromatic heterocycles. The first-order valence-corrected chi connectivity index (χ1v) is 7.01. The van der Waals surface area contributed by atoms with Crippen molar-refractivity contribution < 1.29 is 4.74 Å². The minimum atomic E-state index is 0.674. The SMILES string of the molecule is CC(C)CCNCCOCc1ccccc1Br. The Labute approximate surface area is 113 Å². The summed E-state index contributed by atoms with van der Waals surface area (Å²) in [4.78, 5) is 0. The van der Waals surface area contributed by atoms with Crippen molar-refractivity contribution in [2.24, 2.45) is 5.92 Å². The molecule has 0 aliphatic heterocycles. The summed E-state index contributed by atoms with van der Waals surface area (Å²) in [6.45, 7) is 7.93. The Morgan fingerprint density at radius 1 is 1.24 bits per heavy atom. The van der Waals surface area contributed by atoms with E-state index in [0.717, 1.165) is 30.1 Å². The average Bonchev–Trinajstić information content (AvgIpc) is 2.30. The molecule has 2 nitrogen and oxygen atoms in total. The molecule has 1 N–H and O–H groups in total. The maximum absolute atomic E-state index is 5.62. The van der Waals surface area contributed by atoms with Gasteiger partial charge in [-0.25, -0.2) is 0 Å². The lowest BCUT2D eigenvalue weighted by molar-refractivity contribution is 0.122. The molecular weight excluding hydrogens is 278 g/mol. The van der Waals surface area contributed by atoms with Crippen molar-refractivity contribution in [3.8, 4) is 0 Å². The average molecular weight is 300 g/mol. The molecule has 0 heterocycles. The van der Waals surface area contributed by atoms with Gasteiger partial charge in [0.25, 0.3) is 0 Å². The second-order valence-electron chi connectivity index (χ2n) is 4.58. The first-order valence-electron chi connectivity index (χ1n) is 6.22. The number of halogens is 1. The van der Waals surface area contributed by atoms with Gasteiger partial charge in [0.15, 0.2) is 0 Å². The molecule has 1 aromatic rings. The largest absolute Gasteiger partial charge is 0.375 e. The maximum Gasteiger partial charge on any atom is 0.0728 e. The van der Waals surface area contributed by atoms with Gasteiger partial charge in [0, 0.05) is 11.0 Å². The van der Waals surface area contributed by atoms with Crippen molar-refractivity contribution in [1.29, 1.82) is 0 Å². The first kappa shape index (κ1) is 14.7. The van der Waals surface area contributed by atoms with Crippen LogP contribution in [0.1, 0.15) is 25.8 Å². The summed E-state index contributed by atoms with van der Waals surface area (Å²) in [5.74, 6) is 0.767. The highest BCUT2D eigenvalue weighted by Crippen LogP contribution is 2.16. The summed E-state index contributed by atoms with van der Waals surface area (Å²) in [7, 11) is 0. The summed E-state index contributed by atoms with van der Waals surface area (Å²) < 4.78 is 6.73. The van der Waals surface area contributed by atoms with Crippen molar-refractivity contribution in [2.45, 2.75) is 26.9 Å². The molecule has 17 heavy (non-hydrogen) atoms. The Hall–Kier alpha value is -0.380. The van der Waals surface area contributed by atoms with E-state index in [0.29, 0.717) is 6.61 Å². The predicted octanol–water partition coefficient (Wildman–Crippen LogP) is 3.60. The zero-order valence-electron chi connectivity index (χ0n) is 10.7. The molecule has 0 unspecified atom stereocenters. The lowest BCUT2D eigenvalue weighted by Gasteiger charge is -2.08. The number of rotatable bonds is 8. The summed E-state index contributed by atoms with van der Waals surface area (Å²) in [6.07, 6.45) is 1.23. The quantitative estimate of drug-likeness (QED) is 0.741. The fourth-order valence-corrected chi connectivity index (χ4v) is 1.86. The van der Waals surface area contributed by atoms with E-state index in [1.54, 1.807) is 0 Å². The molecule has 0 spiro atoms. The highest BCUT2D eigenvalue weighted by Gasteiger charge is 1.98. The molecule has 0 amide bonds. The molecule has 0 bridgehead atoms. The minimum Gasteiger partial charge on any atom is -0.375 e. The molecule has 0 fully saturated rings. The lowest BCUT2D eigenvalue weighted by atomic mass is 10.1. The van der Waals surface area contributed by atoms with Crippen LogP contribution in [0.3, 0.4) is 0 Å². The summed E-state index contributed by atoms with van der Waals surface area (Å²) in [6, 6.07) is 8.17. The van der Waals surface area contributed by atoms with E-state index in [-0.39, 0.29) is 0 Å². The maximum atomic E-state index is 5.62. The summed E-state index contributed by atoms with van der Waals surface area (Å²) in [5, 5.41) is 3.38. The molecule has 1 aromatic carbocycles. The van der Waals surface area contributed by atoms with Gasteiger partial charge in [-0.3, -0.25) is 0 Å². The van der Waals surface area contributed by atoms with E-state index in [1.165, 1.54) is 12.0 Å². The first-order chi connectivity index (χ1) is 8.20. The minimum absolute atomic E-state index is 0.674. The van der Waals surface area contributed by atoms with Crippen LogP contribution >= 0.6 is 15.9 Å².